The van der Waals surface area contributed by atoms with Gasteiger partial charge in [-0.2, -0.15) is 5.10 Å². The monoisotopic (exact) mass is 409 g/mol. The van der Waals surface area contributed by atoms with Crippen molar-refractivity contribution in [1.82, 2.24) is 15.1 Å². The van der Waals surface area contributed by atoms with Gasteiger partial charge in [-0.25, -0.2) is 0 Å². The zero-order valence-corrected chi connectivity index (χ0v) is 16.0. The van der Waals surface area contributed by atoms with E-state index in [1.807, 2.05) is 31.2 Å². The fourth-order valence-corrected chi connectivity index (χ4v) is 3.25. The molecule has 10 heteroatoms. The van der Waals surface area contributed by atoms with Crippen molar-refractivity contribution in [3.05, 3.63) is 81.7 Å². The Morgan fingerprint density at radius 1 is 1.31 bits per heavy atom. The number of amides is 1. The Hall–Kier alpha value is -3.79. The van der Waals surface area contributed by atoms with Crippen molar-refractivity contribution in [2.45, 2.75) is 13.5 Å². The molecule has 1 saturated heterocycles. The highest BCUT2D eigenvalue weighted by atomic mass is 32.1. The van der Waals surface area contributed by atoms with Gasteiger partial charge in [0.15, 0.2) is 5.11 Å². The summed E-state index contributed by atoms with van der Waals surface area (Å²) in [4.78, 5) is 24.5. The number of aryl methyl sites for hydroxylation is 1. The van der Waals surface area contributed by atoms with E-state index in [9.17, 15) is 14.9 Å². The van der Waals surface area contributed by atoms with E-state index in [2.05, 4.69) is 10.4 Å². The number of nitrogens with one attached hydrogen (secondary N) is 1. The van der Waals surface area contributed by atoms with Gasteiger partial charge in [-0.3, -0.25) is 24.5 Å². The molecule has 1 aromatic carbocycles. The second-order valence-electron chi connectivity index (χ2n) is 6.37. The number of rotatable bonds is 5. The van der Waals surface area contributed by atoms with Crippen LogP contribution in [0.5, 0.6) is 0 Å². The van der Waals surface area contributed by atoms with Gasteiger partial charge in [-0.1, -0.05) is 18.2 Å². The van der Waals surface area contributed by atoms with Crippen molar-refractivity contribution in [2.24, 2.45) is 0 Å². The third kappa shape index (κ3) is 3.65. The second kappa shape index (κ2) is 7.32. The molecule has 0 radical (unpaired) electrons. The van der Waals surface area contributed by atoms with Crippen LogP contribution in [0.3, 0.4) is 0 Å². The van der Waals surface area contributed by atoms with Gasteiger partial charge in [0.05, 0.1) is 17.2 Å². The summed E-state index contributed by atoms with van der Waals surface area (Å²) < 4.78 is 7.11. The molecule has 2 aromatic heterocycles. The smallest absolute Gasteiger partial charge is 0.307 e. The highest BCUT2D eigenvalue weighted by Gasteiger charge is 2.32. The fourth-order valence-electron chi connectivity index (χ4n) is 2.96. The molecule has 0 spiro atoms. The Morgan fingerprint density at radius 2 is 2.10 bits per heavy atom. The third-order valence-electron chi connectivity index (χ3n) is 4.35. The van der Waals surface area contributed by atoms with E-state index in [0.29, 0.717) is 22.3 Å². The van der Waals surface area contributed by atoms with Crippen LogP contribution in [-0.2, 0) is 11.3 Å². The topological polar surface area (TPSA) is 106 Å². The summed E-state index contributed by atoms with van der Waals surface area (Å²) in [6, 6.07) is 10.9. The number of aromatic nitrogens is 2. The van der Waals surface area contributed by atoms with Gasteiger partial charge in [0.1, 0.15) is 29.6 Å². The standard InChI is InChI=1S/C19H15N5O4S/c1-12-4-2-3-5-17(12)23-18(25)16(21-19(23)29)8-14-6-7-15(28-14)11-22-10-13(9-20-22)24(26)27/h2-10H,11H2,1H3,(H,21,29)/b16-8+. The first-order valence-corrected chi connectivity index (χ1v) is 9.01. The van der Waals surface area contributed by atoms with E-state index in [0.717, 1.165) is 11.3 Å². The van der Waals surface area contributed by atoms with Gasteiger partial charge in [-0.05, 0) is 42.9 Å². The second-order valence-corrected chi connectivity index (χ2v) is 6.76. The number of benzene rings is 1. The van der Waals surface area contributed by atoms with E-state index >= 15 is 0 Å². The fraction of sp³-hybridized carbons (Fsp3) is 0.105. The van der Waals surface area contributed by atoms with Gasteiger partial charge in [0.2, 0.25) is 0 Å². The van der Waals surface area contributed by atoms with Gasteiger partial charge >= 0.3 is 5.69 Å². The van der Waals surface area contributed by atoms with Crippen LogP contribution < -0.4 is 10.2 Å². The Bertz CT molecular complexity index is 1160. The normalized spacial score (nSPS) is 15.2. The number of hydrogen-bond acceptors (Lipinski definition) is 6. The molecule has 3 aromatic rings. The van der Waals surface area contributed by atoms with E-state index in [1.165, 1.54) is 22.0 Å². The molecule has 29 heavy (non-hydrogen) atoms. The molecule has 1 aliphatic rings. The number of thiocarbonyl (C=S) groups is 1. The zero-order chi connectivity index (χ0) is 20.5. The molecular weight excluding hydrogens is 394 g/mol. The number of nitrogens with zero attached hydrogens (tertiary/aromatic N) is 4. The first-order valence-electron chi connectivity index (χ1n) is 8.60. The van der Waals surface area contributed by atoms with Crippen LogP contribution in [0.15, 0.2) is 58.9 Å². The lowest BCUT2D eigenvalue weighted by Gasteiger charge is -2.16. The van der Waals surface area contributed by atoms with E-state index < -0.39 is 4.92 Å². The zero-order valence-electron chi connectivity index (χ0n) is 15.2. The van der Waals surface area contributed by atoms with E-state index in [4.69, 9.17) is 16.6 Å². The van der Waals surface area contributed by atoms with Crippen LogP contribution in [0.4, 0.5) is 11.4 Å². The van der Waals surface area contributed by atoms with Crippen molar-refractivity contribution in [2.75, 3.05) is 4.90 Å². The Balaban J connectivity index is 1.53. The summed E-state index contributed by atoms with van der Waals surface area (Å²) >= 11 is 5.32. The predicted molar refractivity (Wildman–Crippen MR) is 109 cm³/mol. The number of carbonyl (C=O) groups is 1. The number of para-hydroxylation sites is 1. The molecule has 1 amide bonds. The lowest BCUT2D eigenvalue weighted by molar-refractivity contribution is -0.385. The minimum atomic E-state index is -0.512. The summed E-state index contributed by atoms with van der Waals surface area (Å²) in [5, 5.41) is 17.9. The lowest BCUT2D eigenvalue weighted by Crippen LogP contribution is -2.30. The molecular formula is C19H15N5O4S. The van der Waals surface area contributed by atoms with Crippen molar-refractivity contribution < 1.29 is 14.1 Å². The largest absolute Gasteiger partial charge is 0.460 e. The summed E-state index contributed by atoms with van der Waals surface area (Å²) in [6.45, 7) is 2.14. The molecule has 1 aliphatic heterocycles. The molecule has 146 valence electrons. The Labute approximate surface area is 170 Å². The van der Waals surface area contributed by atoms with Crippen LogP contribution in [0.2, 0.25) is 0 Å². The number of carbonyl (C=O) groups excluding carboxylic acids is 1. The molecule has 0 aliphatic carbocycles. The van der Waals surface area contributed by atoms with Gasteiger partial charge in [0.25, 0.3) is 5.91 Å². The minimum absolute atomic E-state index is 0.0931. The maximum Gasteiger partial charge on any atom is 0.307 e. The van der Waals surface area contributed by atoms with Crippen LogP contribution >= 0.6 is 12.2 Å². The molecule has 0 saturated carbocycles. The summed E-state index contributed by atoms with van der Waals surface area (Å²) in [5.41, 5.74) is 1.86. The van der Waals surface area contributed by atoms with Gasteiger partial charge < -0.3 is 9.73 Å². The Morgan fingerprint density at radius 3 is 2.83 bits per heavy atom. The first kappa shape index (κ1) is 18.6. The number of furan rings is 1. The Kier molecular flexibility index (Phi) is 4.69. The highest BCUT2D eigenvalue weighted by molar-refractivity contribution is 7.80. The van der Waals surface area contributed by atoms with Crippen LogP contribution in [0, 0.1) is 17.0 Å². The lowest BCUT2D eigenvalue weighted by atomic mass is 10.2. The van der Waals surface area contributed by atoms with Crippen LogP contribution in [0.1, 0.15) is 17.1 Å². The van der Waals surface area contributed by atoms with Crippen molar-refractivity contribution in [3.8, 4) is 0 Å². The van der Waals surface area contributed by atoms with Crippen LogP contribution in [-0.4, -0.2) is 25.7 Å². The first-order chi connectivity index (χ1) is 13.9. The number of hydrogen-bond donors (Lipinski definition) is 1. The molecule has 0 atom stereocenters. The molecule has 9 nitrogen and oxygen atoms in total. The van der Waals surface area contributed by atoms with Gasteiger partial charge in [0, 0.05) is 6.08 Å². The SMILES string of the molecule is Cc1ccccc1N1C(=O)/C(=C\c2ccc(Cn3cc([N+](=O)[O-])cn3)o2)NC1=S. The molecule has 1 fully saturated rings. The molecule has 4 rings (SSSR count). The molecule has 0 bridgehead atoms. The predicted octanol–water partition coefficient (Wildman–Crippen LogP) is 3.00. The van der Waals surface area contributed by atoms with Crippen molar-refractivity contribution in [1.29, 1.82) is 0 Å². The number of anilines is 1. The molecule has 0 unspecified atom stereocenters. The third-order valence-corrected chi connectivity index (χ3v) is 4.64. The molecule has 1 N–H and O–H groups in total. The minimum Gasteiger partial charge on any atom is -0.460 e. The average Bonchev–Trinajstić information content (AvgIpc) is 3.38. The van der Waals surface area contributed by atoms with Gasteiger partial charge in [-0.15, -0.1) is 0 Å². The summed E-state index contributed by atoms with van der Waals surface area (Å²) in [5.74, 6) is 0.718. The van der Waals surface area contributed by atoms with E-state index in [-0.39, 0.29) is 18.1 Å². The van der Waals surface area contributed by atoms with Crippen molar-refractivity contribution >= 4 is 40.7 Å². The maximum atomic E-state index is 12.8. The highest BCUT2D eigenvalue weighted by Crippen LogP contribution is 2.26. The maximum absolute atomic E-state index is 12.8. The van der Waals surface area contributed by atoms with Crippen molar-refractivity contribution in [3.63, 3.8) is 0 Å². The summed E-state index contributed by atoms with van der Waals surface area (Å²) in [7, 11) is 0. The summed E-state index contributed by atoms with van der Waals surface area (Å²) in [6.07, 6.45) is 4.07. The average molecular weight is 409 g/mol. The van der Waals surface area contributed by atoms with E-state index in [1.54, 1.807) is 18.2 Å². The van der Waals surface area contributed by atoms with Crippen LogP contribution in [0.25, 0.3) is 6.08 Å². The quantitative estimate of drug-likeness (QED) is 0.299. The number of nitro groups is 1. The molecule has 3 heterocycles.